The maximum absolute atomic E-state index is 14.3. The Morgan fingerprint density at radius 3 is 2.25 bits per heavy atom. The number of benzene rings is 3. The van der Waals surface area contributed by atoms with Crippen molar-refractivity contribution in [2.24, 2.45) is 5.92 Å². The van der Waals surface area contributed by atoms with Gasteiger partial charge in [-0.2, -0.15) is 5.10 Å². The first-order chi connectivity index (χ1) is 19.2. The largest absolute Gasteiger partial charge is 0.479 e. The second-order valence-electron chi connectivity index (χ2n) is 10.1. The maximum Gasteiger partial charge on any atom is 0.337 e. The van der Waals surface area contributed by atoms with Gasteiger partial charge in [0.2, 0.25) is 0 Å². The number of halogens is 3. The highest BCUT2D eigenvalue weighted by Crippen LogP contribution is 2.40. The highest BCUT2D eigenvalue weighted by molar-refractivity contribution is 6.32. The minimum absolute atomic E-state index is 0.0230. The number of aliphatic hydroxyl groups excluding tert-OH is 1. The van der Waals surface area contributed by atoms with Crippen molar-refractivity contribution in [3.63, 3.8) is 0 Å². The van der Waals surface area contributed by atoms with Crippen molar-refractivity contribution < 1.29 is 24.2 Å². The lowest BCUT2D eigenvalue weighted by Gasteiger charge is -2.28. The SMILES string of the molecule is O=C(CC1CCC(c2ccccc2F)CC1)c1nn(-c2ccccc2Cl)c(-c2ccc(Cl)cc2)c1C(O)C(=O)O. The van der Waals surface area contributed by atoms with Gasteiger partial charge in [-0.25, -0.2) is 13.9 Å². The Labute approximate surface area is 241 Å². The molecule has 2 N–H and O–H groups in total. The maximum atomic E-state index is 14.3. The second-order valence-corrected chi connectivity index (χ2v) is 10.9. The average Bonchev–Trinajstić information content (AvgIpc) is 3.34. The van der Waals surface area contributed by atoms with E-state index in [1.807, 2.05) is 12.1 Å². The number of ketones is 1. The Morgan fingerprint density at radius 1 is 0.950 bits per heavy atom. The molecule has 0 saturated heterocycles. The van der Waals surface area contributed by atoms with Gasteiger partial charge in [-0.15, -0.1) is 0 Å². The molecule has 206 valence electrons. The number of hydrogen-bond acceptors (Lipinski definition) is 4. The zero-order chi connectivity index (χ0) is 28.4. The number of carbonyl (C=O) groups excluding carboxylic acids is 1. The van der Waals surface area contributed by atoms with Gasteiger partial charge >= 0.3 is 5.97 Å². The van der Waals surface area contributed by atoms with Gasteiger partial charge in [0.15, 0.2) is 11.9 Å². The smallest absolute Gasteiger partial charge is 0.337 e. The molecular weight excluding hydrogens is 554 g/mol. The molecule has 40 heavy (non-hydrogen) atoms. The summed E-state index contributed by atoms with van der Waals surface area (Å²) in [5.74, 6) is -1.98. The first-order valence-corrected chi connectivity index (χ1v) is 13.8. The molecule has 1 fully saturated rings. The Kier molecular flexibility index (Phi) is 8.35. The molecule has 1 atom stereocenters. The predicted octanol–water partition coefficient (Wildman–Crippen LogP) is 7.65. The van der Waals surface area contributed by atoms with Crippen molar-refractivity contribution in [3.05, 3.63) is 105 Å². The summed E-state index contributed by atoms with van der Waals surface area (Å²) in [7, 11) is 0. The molecule has 9 heteroatoms. The second kappa shape index (κ2) is 11.9. The fourth-order valence-corrected chi connectivity index (χ4v) is 5.89. The third-order valence-electron chi connectivity index (χ3n) is 7.56. The molecule has 0 aliphatic heterocycles. The molecule has 1 unspecified atom stereocenters. The fourth-order valence-electron chi connectivity index (χ4n) is 5.54. The number of rotatable bonds is 8. The molecule has 0 radical (unpaired) electrons. The van der Waals surface area contributed by atoms with Gasteiger partial charge in [0.1, 0.15) is 11.5 Å². The van der Waals surface area contributed by atoms with Crippen LogP contribution in [-0.2, 0) is 4.79 Å². The van der Waals surface area contributed by atoms with Gasteiger partial charge in [0.05, 0.1) is 16.4 Å². The molecule has 4 aromatic rings. The Morgan fingerprint density at radius 2 is 1.60 bits per heavy atom. The number of Topliss-reactive ketones (excluding diaryl/α,β-unsaturated/α-hetero) is 1. The van der Waals surface area contributed by atoms with Crippen LogP contribution in [-0.4, -0.2) is 31.7 Å². The van der Waals surface area contributed by atoms with Crippen LogP contribution in [0.2, 0.25) is 10.0 Å². The molecule has 3 aromatic carbocycles. The minimum Gasteiger partial charge on any atom is -0.479 e. The number of aliphatic carboxylic acids is 1. The normalized spacial score (nSPS) is 17.9. The molecule has 6 nitrogen and oxygen atoms in total. The number of para-hydroxylation sites is 1. The van der Waals surface area contributed by atoms with Crippen LogP contribution in [0.1, 0.15) is 65.7 Å². The zero-order valence-corrected chi connectivity index (χ0v) is 22.9. The van der Waals surface area contributed by atoms with E-state index in [0.717, 1.165) is 25.7 Å². The third kappa shape index (κ3) is 5.68. The molecule has 1 aliphatic carbocycles. The van der Waals surface area contributed by atoms with Crippen LogP contribution in [0.25, 0.3) is 16.9 Å². The number of carbonyl (C=O) groups is 2. The summed E-state index contributed by atoms with van der Waals surface area (Å²) in [4.78, 5) is 25.8. The lowest BCUT2D eigenvalue weighted by molar-refractivity contribution is -0.146. The summed E-state index contributed by atoms with van der Waals surface area (Å²) in [6.07, 6.45) is 1.05. The van der Waals surface area contributed by atoms with Gasteiger partial charge < -0.3 is 10.2 Å². The summed E-state index contributed by atoms with van der Waals surface area (Å²) in [5.41, 5.74) is 1.67. The van der Waals surface area contributed by atoms with Crippen LogP contribution >= 0.6 is 23.2 Å². The zero-order valence-electron chi connectivity index (χ0n) is 21.4. The first-order valence-electron chi connectivity index (χ1n) is 13.1. The van der Waals surface area contributed by atoms with Gasteiger partial charge in [-0.05, 0) is 73.4 Å². The van der Waals surface area contributed by atoms with E-state index < -0.39 is 12.1 Å². The van der Waals surface area contributed by atoms with Gasteiger partial charge in [0.25, 0.3) is 0 Å². The molecule has 1 saturated carbocycles. The van der Waals surface area contributed by atoms with Crippen molar-refractivity contribution in [3.8, 4) is 16.9 Å². The van der Waals surface area contributed by atoms with Crippen LogP contribution in [0.3, 0.4) is 0 Å². The van der Waals surface area contributed by atoms with E-state index in [1.54, 1.807) is 54.6 Å². The van der Waals surface area contributed by atoms with E-state index in [0.29, 0.717) is 26.9 Å². The van der Waals surface area contributed by atoms with E-state index >= 15 is 0 Å². The van der Waals surface area contributed by atoms with E-state index in [2.05, 4.69) is 5.10 Å². The number of carboxylic acid groups (broad SMARTS) is 1. The highest BCUT2D eigenvalue weighted by Gasteiger charge is 2.34. The summed E-state index contributed by atoms with van der Waals surface area (Å²) in [6, 6.07) is 20.2. The van der Waals surface area contributed by atoms with Crippen molar-refractivity contribution >= 4 is 35.0 Å². The van der Waals surface area contributed by atoms with Gasteiger partial charge in [-0.3, -0.25) is 4.79 Å². The number of aromatic nitrogens is 2. The van der Waals surface area contributed by atoms with E-state index in [-0.39, 0.29) is 46.8 Å². The van der Waals surface area contributed by atoms with Crippen LogP contribution in [0.4, 0.5) is 4.39 Å². The summed E-state index contributed by atoms with van der Waals surface area (Å²) >= 11 is 12.6. The standard InChI is InChI=1S/C31H27Cl2FN2O4/c32-21-15-13-20(14-16-21)29-27(30(38)31(39)40)28(35-36(29)25-8-4-2-6-23(25)33)26(37)17-18-9-11-19(12-10-18)22-5-1-3-7-24(22)34/h1-8,13-16,18-19,30,38H,9-12,17H2,(H,39,40). The van der Waals surface area contributed by atoms with Crippen molar-refractivity contribution in [1.29, 1.82) is 0 Å². The van der Waals surface area contributed by atoms with Crippen molar-refractivity contribution in [2.75, 3.05) is 0 Å². The van der Waals surface area contributed by atoms with E-state index in [1.165, 1.54) is 10.7 Å². The van der Waals surface area contributed by atoms with Crippen molar-refractivity contribution in [2.45, 2.75) is 44.1 Å². The monoisotopic (exact) mass is 580 g/mol. The molecule has 0 bridgehead atoms. The third-order valence-corrected chi connectivity index (χ3v) is 8.13. The topological polar surface area (TPSA) is 92.4 Å². The fraction of sp³-hybridized carbons (Fsp3) is 0.258. The number of aliphatic hydroxyl groups is 1. The summed E-state index contributed by atoms with van der Waals surface area (Å²) < 4.78 is 15.7. The van der Waals surface area contributed by atoms with Crippen LogP contribution in [0.5, 0.6) is 0 Å². The lowest BCUT2D eigenvalue weighted by atomic mass is 9.76. The summed E-state index contributed by atoms with van der Waals surface area (Å²) in [5, 5.41) is 26.0. The van der Waals surface area contributed by atoms with Crippen LogP contribution in [0, 0.1) is 11.7 Å². The van der Waals surface area contributed by atoms with E-state index in [4.69, 9.17) is 23.2 Å². The van der Waals surface area contributed by atoms with Gasteiger partial charge in [-0.1, -0.05) is 65.7 Å². The number of carboxylic acids is 1. The van der Waals surface area contributed by atoms with E-state index in [9.17, 15) is 24.2 Å². The lowest BCUT2D eigenvalue weighted by Crippen LogP contribution is -2.19. The Balaban J connectivity index is 1.51. The quantitative estimate of drug-likeness (QED) is 0.209. The molecule has 1 heterocycles. The Hall–Kier alpha value is -3.52. The molecule has 5 rings (SSSR count). The molecule has 1 aliphatic rings. The Bertz CT molecular complexity index is 1550. The summed E-state index contributed by atoms with van der Waals surface area (Å²) in [6.45, 7) is 0. The number of hydrogen-bond donors (Lipinski definition) is 2. The van der Waals surface area contributed by atoms with Crippen molar-refractivity contribution in [1.82, 2.24) is 9.78 Å². The van der Waals surface area contributed by atoms with Crippen LogP contribution in [0.15, 0.2) is 72.8 Å². The first kappa shape index (κ1) is 28.0. The van der Waals surface area contributed by atoms with Crippen LogP contribution < -0.4 is 0 Å². The minimum atomic E-state index is -2.00. The average molecular weight is 581 g/mol. The predicted molar refractivity (Wildman–Crippen MR) is 152 cm³/mol. The molecule has 1 aromatic heterocycles. The molecular formula is C31H27Cl2FN2O4. The highest BCUT2D eigenvalue weighted by atomic mass is 35.5. The number of nitrogens with zero attached hydrogens (tertiary/aromatic N) is 2. The van der Waals surface area contributed by atoms with Gasteiger partial charge in [0, 0.05) is 22.6 Å². The molecule has 0 spiro atoms. The molecule has 0 amide bonds.